The molecule has 0 unspecified atom stereocenters. The van der Waals surface area contributed by atoms with E-state index < -0.39 is 0 Å². The molecule has 0 saturated heterocycles. The van der Waals surface area contributed by atoms with Crippen LogP contribution < -0.4 is 0 Å². The third-order valence-electron chi connectivity index (χ3n) is 0.804. The first-order chi connectivity index (χ1) is 4.79. The molecule has 10 heavy (non-hydrogen) atoms. The van der Waals surface area contributed by atoms with E-state index in [4.69, 9.17) is 23.2 Å². The van der Waals surface area contributed by atoms with E-state index in [2.05, 4.69) is 0 Å². The molecule has 0 N–H and O–H groups in total. The molecule has 0 spiro atoms. The zero-order valence-corrected chi connectivity index (χ0v) is 7.58. The van der Waals surface area contributed by atoms with Crippen LogP contribution in [-0.4, -0.2) is 0 Å². The number of rotatable bonds is 0. The zero-order valence-electron chi connectivity index (χ0n) is 6.07. The molecular weight excluding hydrogens is 167 g/mol. The fraction of sp³-hybridized carbons (Fsp3) is 0.250. The Hall–Kier alpha value is -0.200. The van der Waals surface area contributed by atoms with Gasteiger partial charge < -0.3 is 0 Å². The van der Waals surface area contributed by atoms with Gasteiger partial charge in [-0.3, -0.25) is 0 Å². The summed E-state index contributed by atoms with van der Waals surface area (Å²) < 4.78 is 0. The second-order valence-electron chi connectivity index (χ2n) is 1.44. The molecular formula is C8H10Cl2. The Kier molecular flexibility index (Phi) is 5.46. The number of halogens is 2. The van der Waals surface area contributed by atoms with Crippen molar-refractivity contribution in [3.8, 4) is 0 Å². The van der Waals surface area contributed by atoms with Crippen molar-refractivity contribution >= 4 is 23.2 Å². The van der Waals surface area contributed by atoms with Crippen molar-refractivity contribution < 1.29 is 0 Å². The minimum Gasteiger partial charge on any atom is -0.0843 e. The van der Waals surface area contributed by atoms with Gasteiger partial charge in [0.25, 0.3) is 0 Å². The summed E-state index contributed by atoms with van der Waals surface area (Å²) in [6.45, 7) is 4.00. The molecule has 1 aromatic rings. The van der Waals surface area contributed by atoms with Crippen molar-refractivity contribution in [3.63, 3.8) is 0 Å². The highest BCUT2D eigenvalue weighted by Crippen LogP contribution is 2.12. The Morgan fingerprint density at radius 2 is 1.00 bits per heavy atom. The van der Waals surface area contributed by atoms with Gasteiger partial charge in [-0.15, -0.1) is 0 Å². The summed E-state index contributed by atoms with van der Waals surface area (Å²) in [5.41, 5.74) is 0. The Labute approximate surface area is 71.8 Å². The van der Waals surface area contributed by atoms with Gasteiger partial charge >= 0.3 is 0 Å². The molecule has 0 aromatic heterocycles. The monoisotopic (exact) mass is 176 g/mol. The lowest BCUT2D eigenvalue weighted by Crippen LogP contribution is -1.60. The molecule has 0 amide bonds. The largest absolute Gasteiger partial charge is 0.0843 e. The maximum atomic E-state index is 5.55. The van der Waals surface area contributed by atoms with Crippen LogP contribution in [0.15, 0.2) is 24.3 Å². The molecule has 0 bridgehead atoms. The van der Waals surface area contributed by atoms with Crippen molar-refractivity contribution in [2.24, 2.45) is 0 Å². The summed E-state index contributed by atoms with van der Waals surface area (Å²) in [5, 5.41) is 1.43. The van der Waals surface area contributed by atoms with Gasteiger partial charge in [0.05, 0.1) is 0 Å². The topological polar surface area (TPSA) is 0 Å². The zero-order chi connectivity index (χ0) is 7.98. The molecule has 0 heterocycles. The van der Waals surface area contributed by atoms with Crippen LogP contribution in [-0.2, 0) is 0 Å². The van der Waals surface area contributed by atoms with Crippen molar-refractivity contribution in [1.29, 1.82) is 0 Å². The van der Waals surface area contributed by atoms with Crippen LogP contribution in [0.3, 0.4) is 0 Å². The predicted octanol–water partition coefficient (Wildman–Crippen LogP) is 4.02. The quantitative estimate of drug-likeness (QED) is 0.561. The van der Waals surface area contributed by atoms with E-state index in [1.54, 1.807) is 24.3 Å². The molecule has 0 radical (unpaired) electrons. The SMILES string of the molecule is CC.Clc1ccc(Cl)cc1. The average molecular weight is 177 g/mol. The molecule has 0 aliphatic rings. The van der Waals surface area contributed by atoms with E-state index in [0.29, 0.717) is 0 Å². The lowest BCUT2D eigenvalue weighted by Gasteiger charge is -1.86. The first-order valence-electron chi connectivity index (χ1n) is 3.20. The molecule has 0 nitrogen and oxygen atoms in total. The van der Waals surface area contributed by atoms with Crippen LogP contribution in [0.2, 0.25) is 10.0 Å². The number of hydrogen-bond donors (Lipinski definition) is 0. The Bertz CT molecular complexity index is 146. The molecule has 1 rings (SSSR count). The van der Waals surface area contributed by atoms with Gasteiger partial charge in [-0.2, -0.15) is 0 Å². The summed E-state index contributed by atoms with van der Waals surface area (Å²) in [7, 11) is 0. The highest BCUT2D eigenvalue weighted by molar-refractivity contribution is 6.32. The minimum atomic E-state index is 0.717. The maximum Gasteiger partial charge on any atom is 0.0407 e. The first-order valence-corrected chi connectivity index (χ1v) is 3.96. The molecule has 0 fully saturated rings. The summed E-state index contributed by atoms with van der Waals surface area (Å²) in [5.74, 6) is 0. The fourth-order valence-corrected chi connectivity index (χ4v) is 0.682. The Morgan fingerprint density at radius 3 is 1.20 bits per heavy atom. The van der Waals surface area contributed by atoms with Crippen molar-refractivity contribution in [1.82, 2.24) is 0 Å². The third-order valence-corrected chi connectivity index (χ3v) is 1.31. The molecule has 0 aliphatic heterocycles. The lowest BCUT2D eigenvalue weighted by atomic mass is 10.4. The van der Waals surface area contributed by atoms with Gasteiger partial charge in [0.1, 0.15) is 0 Å². The average Bonchev–Trinajstić information content (AvgIpc) is 2.00. The van der Waals surface area contributed by atoms with E-state index in [1.807, 2.05) is 13.8 Å². The molecule has 1 aromatic carbocycles. The molecule has 2 heteroatoms. The van der Waals surface area contributed by atoms with Crippen LogP contribution in [0.1, 0.15) is 13.8 Å². The van der Waals surface area contributed by atoms with Gasteiger partial charge in [-0.1, -0.05) is 37.0 Å². The third kappa shape index (κ3) is 3.76. The molecule has 56 valence electrons. The minimum absolute atomic E-state index is 0.717. The van der Waals surface area contributed by atoms with Gasteiger partial charge in [-0.25, -0.2) is 0 Å². The standard InChI is InChI=1S/C6H4Cl2.C2H6/c7-5-1-2-6(8)4-3-5;1-2/h1-4H;1-2H3. The smallest absolute Gasteiger partial charge is 0.0407 e. The first kappa shape index (κ1) is 9.80. The van der Waals surface area contributed by atoms with Crippen LogP contribution in [0.25, 0.3) is 0 Å². The van der Waals surface area contributed by atoms with Crippen LogP contribution in [0, 0.1) is 0 Å². The van der Waals surface area contributed by atoms with Crippen molar-refractivity contribution in [2.75, 3.05) is 0 Å². The van der Waals surface area contributed by atoms with Crippen molar-refractivity contribution in [2.45, 2.75) is 13.8 Å². The van der Waals surface area contributed by atoms with Gasteiger partial charge in [0.2, 0.25) is 0 Å². The second kappa shape index (κ2) is 5.57. The molecule has 0 aliphatic carbocycles. The van der Waals surface area contributed by atoms with E-state index >= 15 is 0 Å². The summed E-state index contributed by atoms with van der Waals surface area (Å²) >= 11 is 11.1. The lowest BCUT2D eigenvalue weighted by molar-refractivity contribution is 1.50. The highest BCUT2D eigenvalue weighted by atomic mass is 35.5. The number of benzene rings is 1. The van der Waals surface area contributed by atoms with Crippen LogP contribution in [0.4, 0.5) is 0 Å². The molecule has 0 atom stereocenters. The maximum absolute atomic E-state index is 5.55. The van der Waals surface area contributed by atoms with Crippen LogP contribution >= 0.6 is 23.2 Å². The second-order valence-corrected chi connectivity index (χ2v) is 2.31. The van der Waals surface area contributed by atoms with E-state index in [0.717, 1.165) is 10.0 Å². The van der Waals surface area contributed by atoms with Crippen LogP contribution in [0.5, 0.6) is 0 Å². The van der Waals surface area contributed by atoms with E-state index in [1.165, 1.54) is 0 Å². The van der Waals surface area contributed by atoms with E-state index in [9.17, 15) is 0 Å². The fourth-order valence-electron chi connectivity index (χ4n) is 0.430. The van der Waals surface area contributed by atoms with Gasteiger partial charge in [0, 0.05) is 10.0 Å². The highest BCUT2D eigenvalue weighted by Gasteiger charge is 1.83. The summed E-state index contributed by atoms with van der Waals surface area (Å²) in [6, 6.07) is 7.02. The normalized spacial score (nSPS) is 8.00. The van der Waals surface area contributed by atoms with Gasteiger partial charge in [-0.05, 0) is 24.3 Å². The van der Waals surface area contributed by atoms with Crippen molar-refractivity contribution in [3.05, 3.63) is 34.3 Å². The summed E-state index contributed by atoms with van der Waals surface area (Å²) in [6.07, 6.45) is 0. The summed E-state index contributed by atoms with van der Waals surface area (Å²) in [4.78, 5) is 0. The Balaban J connectivity index is 0.000000371. The van der Waals surface area contributed by atoms with Gasteiger partial charge in [0.15, 0.2) is 0 Å². The van der Waals surface area contributed by atoms with E-state index in [-0.39, 0.29) is 0 Å². The molecule has 0 saturated carbocycles. The number of hydrogen-bond acceptors (Lipinski definition) is 0. The predicted molar refractivity (Wildman–Crippen MR) is 47.8 cm³/mol. The Morgan fingerprint density at radius 1 is 0.800 bits per heavy atom.